The second-order valence-electron chi connectivity index (χ2n) is 5.32. The molecule has 0 fully saturated rings. The van der Waals surface area contributed by atoms with E-state index < -0.39 is 0 Å². The van der Waals surface area contributed by atoms with Gasteiger partial charge >= 0.3 is 0 Å². The summed E-state index contributed by atoms with van der Waals surface area (Å²) in [5, 5.41) is 4.87. The van der Waals surface area contributed by atoms with Gasteiger partial charge < -0.3 is 9.88 Å². The van der Waals surface area contributed by atoms with E-state index in [2.05, 4.69) is 5.32 Å². The molecule has 3 rings (SSSR count). The van der Waals surface area contributed by atoms with Crippen molar-refractivity contribution in [2.45, 2.75) is 20.4 Å². The number of anilines is 1. The fourth-order valence-corrected chi connectivity index (χ4v) is 3.16. The maximum atomic E-state index is 12.8. The number of benzene rings is 2. The Morgan fingerprint density at radius 1 is 1.13 bits per heavy atom. The molecule has 0 aliphatic carbocycles. The first-order valence-corrected chi connectivity index (χ1v) is 8.12. The molecular weight excluding hydrogens is 331 g/mol. The highest BCUT2D eigenvalue weighted by Crippen LogP contribution is 2.28. The molecule has 0 spiro atoms. The summed E-state index contributed by atoms with van der Waals surface area (Å²) in [5.74, 6) is -0.154. The van der Waals surface area contributed by atoms with E-state index in [0.29, 0.717) is 21.4 Å². The largest absolute Gasteiger partial charge is 0.337 e. The van der Waals surface area contributed by atoms with Gasteiger partial charge in [0.1, 0.15) is 5.69 Å². The van der Waals surface area contributed by atoms with E-state index >= 15 is 0 Å². The zero-order valence-corrected chi connectivity index (χ0v) is 14.4. The van der Waals surface area contributed by atoms with Crippen LogP contribution in [0.25, 0.3) is 10.9 Å². The molecule has 0 saturated heterocycles. The predicted octanol–water partition coefficient (Wildman–Crippen LogP) is 5.53. The van der Waals surface area contributed by atoms with Gasteiger partial charge in [0, 0.05) is 23.1 Å². The van der Waals surface area contributed by atoms with E-state index in [1.54, 1.807) is 18.2 Å². The third kappa shape index (κ3) is 2.82. The summed E-state index contributed by atoms with van der Waals surface area (Å²) in [7, 11) is 0. The average Bonchev–Trinajstić information content (AvgIpc) is 2.83. The summed E-state index contributed by atoms with van der Waals surface area (Å²) in [6.07, 6.45) is 0. The molecule has 3 aromatic rings. The molecule has 0 aliphatic heterocycles. The molecule has 0 unspecified atom stereocenters. The number of amides is 1. The Morgan fingerprint density at radius 2 is 1.87 bits per heavy atom. The number of para-hydroxylation sites is 1. The first-order chi connectivity index (χ1) is 11.0. The van der Waals surface area contributed by atoms with Gasteiger partial charge in [0.2, 0.25) is 0 Å². The molecular formula is C18H16Cl2N2O. The molecule has 0 saturated carbocycles. The molecule has 1 heterocycles. The SMILES string of the molecule is CCn1c(C(=O)Nc2ccc(Cl)c(Cl)c2)c(C)c2ccccc21. The van der Waals surface area contributed by atoms with E-state index in [1.165, 1.54) is 0 Å². The molecule has 1 N–H and O–H groups in total. The second-order valence-corrected chi connectivity index (χ2v) is 6.13. The molecule has 0 aliphatic rings. The Morgan fingerprint density at radius 3 is 2.57 bits per heavy atom. The molecule has 1 amide bonds. The third-order valence-electron chi connectivity index (χ3n) is 3.93. The zero-order valence-electron chi connectivity index (χ0n) is 12.9. The van der Waals surface area contributed by atoms with Crippen LogP contribution in [-0.2, 0) is 6.54 Å². The zero-order chi connectivity index (χ0) is 16.6. The van der Waals surface area contributed by atoms with Gasteiger partial charge in [-0.25, -0.2) is 0 Å². The Hall–Kier alpha value is -1.97. The summed E-state index contributed by atoms with van der Waals surface area (Å²) in [4.78, 5) is 12.8. The second kappa shape index (κ2) is 6.26. The quantitative estimate of drug-likeness (QED) is 0.664. The van der Waals surface area contributed by atoms with E-state index in [1.807, 2.05) is 42.7 Å². The number of carbonyl (C=O) groups is 1. The lowest BCUT2D eigenvalue weighted by molar-refractivity contribution is 0.101. The number of aryl methyl sites for hydroxylation is 2. The van der Waals surface area contributed by atoms with Crippen LogP contribution in [0.2, 0.25) is 10.0 Å². The molecule has 2 aromatic carbocycles. The fraction of sp³-hybridized carbons (Fsp3) is 0.167. The normalized spacial score (nSPS) is 11.0. The highest BCUT2D eigenvalue weighted by molar-refractivity contribution is 6.42. The monoisotopic (exact) mass is 346 g/mol. The summed E-state index contributed by atoms with van der Waals surface area (Å²) in [5.41, 5.74) is 3.32. The topological polar surface area (TPSA) is 34.0 Å². The van der Waals surface area contributed by atoms with Gasteiger partial charge in [0.05, 0.1) is 10.0 Å². The summed E-state index contributed by atoms with van der Waals surface area (Å²) >= 11 is 11.9. The van der Waals surface area contributed by atoms with Gasteiger partial charge in [0.15, 0.2) is 0 Å². The van der Waals surface area contributed by atoms with Crippen molar-refractivity contribution in [1.29, 1.82) is 0 Å². The van der Waals surface area contributed by atoms with Gasteiger partial charge in [-0.05, 0) is 43.7 Å². The maximum absolute atomic E-state index is 12.8. The molecule has 0 bridgehead atoms. The van der Waals surface area contributed by atoms with Crippen LogP contribution >= 0.6 is 23.2 Å². The van der Waals surface area contributed by atoms with Crippen molar-refractivity contribution >= 4 is 45.7 Å². The molecule has 3 nitrogen and oxygen atoms in total. The van der Waals surface area contributed by atoms with Crippen LogP contribution in [0.15, 0.2) is 42.5 Å². The molecule has 0 radical (unpaired) electrons. The molecule has 0 atom stereocenters. The smallest absolute Gasteiger partial charge is 0.272 e. The van der Waals surface area contributed by atoms with Crippen molar-refractivity contribution in [3.63, 3.8) is 0 Å². The highest BCUT2D eigenvalue weighted by Gasteiger charge is 2.19. The van der Waals surface area contributed by atoms with Gasteiger partial charge in [-0.2, -0.15) is 0 Å². The number of nitrogens with one attached hydrogen (secondary N) is 1. The lowest BCUT2D eigenvalue weighted by Gasteiger charge is -2.10. The number of halogens is 2. The highest BCUT2D eigenvalue weighted by atomic mass is 35.5. The summed E-state index contributed by atoms with van der Waals surface area (Å²) in [6, 6.07) is 13.1. The van der Waals surface area contributed by atoms with Crippen LogP contribution in [0.1, 0.15) is 23.0 Å². The van der Waals surface area contributed by atoms with E-state index in [9.17, 15) is 4.79 Å². The van der Waals surface area contributed by atoms with Crippen LogP contribution in [0.5, 0.6) is 0 Å². The van der Waals surface area contributed by atoms with Crippen LogP contribution < -0.4 is 5.32 Å². The van der Waals surface area contributed by atoms with E-state index in [-0.39, 0.29) is 5.91 Å². The number of hydrogen-bond acceptors (Lipinski definition) is 1. The number of nitrogens with zero attached hydrogens (tertiary/aromatic N) is 1. The summed E-state index contributed by atoms with van der Waals surface area (Å²) in [6.45, 7) is 4.72. The number of fused-ring (bicyclic) bond motifs is 1. The minimum Gasteiger partial charge on any atom is -0.337 e. The first kappa shape index (κ1) is 15.9. The lowest BCUT2D eigenvalue weighted by atomic mass is 10.1. The van der Waals surface area contributed by atoms with Crippen LogP contribution in [-0.4, -0.2) is 10.5 Å². The van der Waals surface area contributed by atoms with Gasteiger partial charge in [-0.15, -0.1) is 0 Å². The van der Waals surface area contributed by atoms with Crippen molar-refractivity contribution in [2.24, 2.45) is 0 Å². The standard InChI is InChI=1S/C18H16Cl2N2O/c1-3-22-16-7-5-4-6-13(16)11(2)17(22)18(23)21-12-8-9-14(19)15(20)10-12/h4-10H,3H2,1-2H3,(H,21,23). The van der Waals surface area contributed by atoms with Crippen LogP contribution in [0, 0.1) is 6.92 Å². The Bertz CT molecular complexity index is 899. The van der Waals surface area contributed by atoms with E-state index in [4.69, 9.17) is 23.2 Å². The number of hydrogen-bond donors (Lipinski definition) is 1. The van der Waals surface area contributed by atoms with Gasteiger partial charge in [-0.3, -0.25) is 4.79 Å². The number of aromatic nitrogens is 1. The number of rotatable bonds is 3. The lowest BCUT2D eigenvalue weighted by Crippen LogP contribution is -2.17. The maximum Gasteiger partial charge on any atom is 0.272 e. The molecule has 5 heteroatoms. The fourth-order valence-electron chi connectivity index (χ4n) is 2.86. The molecule has 118 valence electrons. The van der Waals surface area contributed by atoms with Crippen LogP contribution in [0.3, 0.4) is 0 Å². The van der Waals surface area contributed by atoms with E-state index in [0.717, 1.165) is 23.0 Å². The Balaban J connectivity index is 2.03. The van der Waals surface area contributed by atoms with Crippen molar-refractivity contribution in [3.8, 4) is 0 Å². The predicted molar refractivity (Wildman–Crippen MR) is 96.8 cm³/mol. The Labute approximate surface area is 144 Å². The van der Waals surface area contributed by atoms with Gasteiger partial charge in [0.25, 0.3) is 5.91 Å². The average molecular weight is 347 g/mol. The third-order valence-corrected chi connectivity index (χ3v) is 4.67. The first-order valence-electron chi connectivity index (χ1n) is 7.37. The van der Waals surface area contributed by atoms with Crippen molar-refractivity contribution < 1.29 is 4.79 Å². The van der Waals surface area contributed by atoms with Gasteiger partial charge in [-0.1, -0.05) is 41.4 Å². The summed E-state index contributed by atoms with van der Waals surface area (Å²) < 4.78 is 2.03. The number of carbonyl (C=O) groups excluding carboxylic acids is 1. The Kier molecular flexibility index (Phi) is 4.33. The van der Waals surface area contributed by atoms with Crippen molar-refractivity contribution in [2.75, 3.05) is 5.32 Å². The molecule has 23 heavy (non-hydrogen) atoms. The van der Waals surface area contributed by atoms with Crippen molar-refractivity contribution in [3.05, 3.63) is 63.8 Å². The van der Waals surface area contributed by atoms with Crippen LogP contribution in [0.4, 0.5) is 5.69 Å². The minimum absolute atomic E-state index is 0.154. The molecule has 1 aromatic heterocycles. The van der Waals surface area contributed by atoms with Crippen molar-refractivity contribution in [1.82, 2.24) is 4.57 Å². The minimum atomic E-state index is -0.154.